The number of nitrogens with zero attached hydrogens (tertiary/aromatic N) is 1. The first-order chi connectivity index (χ1) is 8.58. The maximum Gasteiger partial charge on any atom is 0.155 e. The van der Waals surface area contributed by atoms with Crippen LogP contribution in [0.2, 0.25) is 0 Å². The number of halogens is 1. The van der Waals surface area contributed by atoms with Crippen LogP contribution in [-0.2, 0) is 7.05 Å². The molecule has 0 spiro atoms. The van der Waals surface area contributed by atoms with Crippen LogP contribution in [0.3, 0.4) is 0 Å². The van der Waals surface area contributed by atoms with Crippen molar-refractivity contribution in [3.05, 3.63) is 41.8 Å². The topological polar surface area (TPSA) is 46.7 Å². The van der Waals surface area contributed by atoms with E-state index in [2.05, 4.69) is 9.55 Å². The van der Waals surface area contributed by atoms with E-state index in [0.717, 1.165) is 22.6 Å². The van der Waals surface area contributed by atoms with E-state index in [0.29, 0.717) is 5.39 Å². The van der Waals surface area contributed by atoms with Gasteiger partial charge in [-0.25, -0.2) is 4.39 Å². The minimum absolute atomic E-state index is 0.177. The van der Waals surface area contributed by atoms with Crippen molar-refractivity contribution in [2.24, 2.45) is 7.05 Å². The van der Waals surface area contributed by atoms with E-state index in [1.165, 1.54) is 0 Å². The molecule has 0 aliphatic rings. The molecule has 0 aliphatic heterocycles. The smallest absolute Gasteiger partial charge is 0.155 e. The first-order valence-corrected chi connectivity index (χ1v) is 5.77. The lowest BCUT2D eigenvalue weighted by atomic mass is 10.2. The van der Waals surface area contributed by atoms with Gasteiger partial charge < -0.3 is 15.3 Å². The molecule has 0 radical (unpaired) electrons. The first-order valence-electron chi connectivity index (χ1n) is 5.77. The summed E-state index contributed by atoms with van der Waals surface area (Å²) < 4.78 is 15.9. The van der Waals surface area contributed by atoms with E-state index in [-0.39, 0.29) is 11.5 Å². The Balaban J connectivity index is 2.26. The Morgan fingerprint density at radius 3 is 2.67 bits per heavy atom. The third kappa shape index (κ3) is 1.42. The Hall–Kier alpha value is -2.23. The number of aromatic amines is 1. The molecule has 3 nitrogen and oxygen atoms in total. The Bertz CT molecular complexity index is 737. The summed E-state index contributed by atoms with van der Waals surface area (Å²) in [6.45, 7) is 2.03. The summed E-state index contributed by atoms with van der Waals surface area (Å²) in [7, 11) is 1.99. The lowest BCUT2D eigenvalue weighted by Gasteiger charge is -2.02. The number of rotatable bonds is 1. The summed E-state index contributed by atoms with van der Waals surface area (Å²) >= 11 is 0. The van der Waals surface area contributed by atoms with Crippen molar-refractivity contribution in [1.29, 1.82) is 0 Å². The van der Waals surface area contributed by atoms with Gasteiger partial charge in [-0.15, -0.1) is 0 Å². The van der Waals surface area contributed by atoms with Gasteiger partial charge >= 0.3 is 0 Å². The number of fused-ring (bicyclic) bond motifs is 1. The number of H-pyrrole nitrogens is 1. The normalized spacial score (nSPS) is 11.3. The number of hydrogen-bond donors (Lipinski definition) is 2. The van der Waals surface area contributed by atoms with E-state index < -0.39 is 0 Å². The van der Waals surface area contributed by atoms with Crippen molar-refractivity contribution < 1.29 is 4.39 Å². The van der Waals surface area contributed by atoms with Crippen LogP contribution in [0.1, 0.15) is 5.69 Å². The fourth-order valence-corrected chi connectivity index (χ4v) is 2.21. The molecular weight excluding hydrogens is 229 g/mol. The SMILES string of the molecule is Cc1ccc(-c2cc3c(F)c(N)ccc3[nH]2)n1C. The van der Waals surface area contributed by atoms with Crippen molar-refractivity contribution in [3.8, 4) is 11.4 Å². The Morgan fingerprint density at radius 2 is 2.00 bits per heavy atom. The largest absolute Gasteiger partial charge is 0.396 e. The number of aryl methyl sites for hydroxylation is 1. The van der Waals surface area contributed by atoms with Gasteiger partial charge in [-0.1, -0.05) is 0 Å². The maximum atomic E-state index is 13.9. The van der Waals surface area contributed by atoms with E-state index >= 15 is 0 Å². The van der Waals surface area contributed by atoms with Crippen LogP contribution in [0.4, 0.5) is 10.1 Å². The zero-order valence-electron chi connectivity index (χ0n) is 10.3. The molecule has 2 heterocycles. The lowest BCUT2D eigenvalue weighted by molar-refractivity contribution is 0.644. The highest BCUT2D eigenvalue weighted by Gasteiger charge is 2.11. The van der Waals surface area contributed by atoms with Crippen LogP contribution < -0.4 is 5.73 Å². The Kier molecular flexibility index (Phi) is 2.20. The highest BCUT2D eigenvalue weighted by Crippen LogP contribution is 2.28. The second-order valence-corrected chi connectivity index (χ2v) is 4.53. The average Bonchev–Trinajstić information content (AvgIpc) is 2.90. The number of nitrogens with two attached hydrogens (primary N) is 1. The van der Waals surface area contributed by atoms with Gasteiger partial charge in [0.2, 0.25) is 0 Å². The van der Waals surface area contributed by atoms with Crippen LogP contribution >= 0.6 is 0 Å². The highest BCUT2D eigenvalue weighted by molar-refractivity contribution is 5.88. The lowest BCUT2D eigenvalue weighted by Crippen LogP contribution is -1.93. The number of nitrogen functional groups attached to an aromatic ring is 1. The number of aromatic nitrogens is 2. The molecule has 3 N–H and O–H groups in total. The molecule has 2 aromatic heterocycles. The van der Waals surface area contributed by atoms with Crippen molar-refractivity contribution in [1.82, 2.24) is 9.55 Å². The third-order valence-electron chi connectivity index (χ3n) is 3.42. The van der Waals surface area contributed by atoms with E-state index in [4.69, 9.17) is 5.73 Å². The molecule has 0 bridgehead atoms. The van der Waals surface area contributed by atoms with Gasteiger partial charge in [-0.05, 0) is 37.3 Å². The van der Waals surface area contributed by atoms with Crippen LogP contribution in [-0.4, -0.2) is 9.55 Å². The van der Waals surface area contributed by atoms with E-state index in [1.54, 1.807) is 18.2 Å². The standard InChI is InChI=1S/C14H14FN3/c1-8-3-6-13(18(8)2)12-7-9-11(17-12)5-4-10(16)14(9)15/h3-7,17H,16H2,1-2H3. The van der Waals surface area contributed by atoms with Gasteiger partial charge in [0.15, 0.2) is 5.82 Å². The average molecular weight is 243 g/mol. The molecule has 92 valence electrons. The summed E-state index contributed by atoms with van der Waals surface area (Å²) in [5, 5.41) is 0.531. The second-order valence-electron chi connectivity index (χ2n) is 4.53. The van der Waals surface area contributed by atoms with Gasteiger partial charge in [0.1, 0.15) is 0 Å². The number of hydrogen-bond acceptors (Lipinski definition) is 1. The third-order valence-corrected chi connectivity index (χ3v) is 3.42. The first kappa shape index (κ1) is 10.9. The molecule has 3 aromatic rings. The van der Waals surface area contributed by atoms with Gasteiger partial charge in [0, 0.05) is 23.6 Å². The van der Waals surface area contributed by atoms with Crippen LogP contribution in [0.5, 0.6) is 0 Å². The minimum Gasteiger partial charge on any atom is -0.396 e. The maximum absolute atomic E-state index is 13.9. The van der Waals surface area contributed by atoms with Crippen molar-refractivity contribution >= 4 is 16.6 Å². The Morgan fingerprint density at radius 1 is 1.22 bits per heavy atom. The molecule has 3 rings (SSSR count). The van der Waals surface area contributed by atoms with Crippen LogP contribution in [0, 0.1) is 12.7 Å². The number of benzene rings is 1. The second kappa shape index (κ2) is 3.63. The summed E-state index contributed by atoms with van der Waals surface area (Å²) in [5.74, 6) is -0.360. The van der Waals surface area contributed by atoms with Crippen molar-refractivity contribution in [3.63, 3.8) is 0 Å². The molecule has 0 aliphatic carbocycles. The van der Waals surface area contributed by atoms with Gasteiger partial charge in [-0.3, -0.25) is 0 Å². The molecule has 0 unspecified atom stereocenters. The molecule has 0 atom stereocenters. The fraction of sp³-hybridized carbons (Fsp3) is 0.143. The molecule has 0 saturated carbocycles. The van der Waals surface area contributed by atoms with Gasteiger partial charge in [0.25, 0.3) is 0 Å². The molecule has 4 heteroatoms. The minimum atomic E-state index is -0.360. The van der Waals surface area contributed by atoms with E-state index in [9.17, 15) is 4.39 Å². The van der Waals surface area contributed by atoms with Crippen LogP contribution in [0.25, 0.3) is 22.3 Å². The molecule has 0 fully saturated rings. The monoisotopic (exact) mass is 243 g/mol. The van der Waals surface area contributed by atoms with E-state index in [1.807, 2.05) is 26.1 Å². The van der Waals surface area contributed by atoms with Crippen LogP contribution in [0.15, 0.2) is 30.3 Å². The Labute approximate surface area is 104 Å². The molecule has 0 amide bonds. The predicted octanol–water partition coefficient (Wildman–Crippen LogP) is 3.20. The summed E-state index contributed by atoms with van der Waals surface area (Å²) in [6.07, 6.45) is 0. The zero-order chi connectivity index (χ0) is 12.9. The van der Waals surface area contributed by atoms with Crippen molar-refractivity contribution in [2.75, 3.05) is 5.73 Å². The zero-order valence-corrected chi connectivity index (χ0v) is 10.3. The quantitative estimate of drug-likeness (QED) is 0.633. The molecule has 18 heavy (non-hydrogen) atoms. The molecular formula is C14H14FN3. The highest BCUT2D eigenvalue weighted by atomic mass is 19.1. The fourth-order valence-electron chi connectivity index (χ4n) is 2.21. The molecule has 0 saturated heterocycles. The number of nitrogens with one attached hydrogen (secondary N) is 1. The summed E-state index contributed by atoms with van der Waals surface area (Å²) in [4.78, 5) is 3.22. The van der Waals surface area contributed by atoms with Crippen molar-refractivity contribution in [2.45, 2.75) is 6.92 Å². The molecule has 1 aromatic carbocycles. The number of anilines is 1. The summed E-state index contributed by atoms with van der Waals surface area (Å²) in [5.41, 5.74) is 9.59. The predicted molar refractivity (Wildman–Crippen MR) is 71.8 cm³/mol. The summed E-state index contributed by atoms with van der Waals surface area (Å²) in [6, 6.07) is 9.23. The van der Waals surface area contributed by atoms with Gasteiger partial charge in [-0.2, -0.15) is 0 Å². The van der Waals surface area contributed by atoms with Gasteiger partial charge in [0.05, 0.1) is 17.1 Å².